The van der Waals surface area contributed by atoms with E-state index in [0.717, 1.165) is 16.0 Å². The topological polar surface area (TPSA) is 52.0 Å². The predicted octanol–water partition coefficient (Wildman–Crippen LogP) is 2.91. The molecule has 0 saturated heterocycles. The number of methoxy groups -OCH3 is 1. The average Bonchev–Trinajstić information content (AvgIpc) is 2.58. The summed E-state index contributed by atoms with van der Waals surface area (Å²) in [5.41, 5.74) is 2.40. The van der Waals surface area contributed by atoms with Gasteiger partial charge >= 0.3 is 6.61 Å². The number of hydrogen-bond acceptors (Lipinski definition) is 3. The molecule has 0 heterocycles. The van der Waals surface area contributed by atoms with Crippen molar-refractivity contribution in [1.29, 1.82) is 0 Å². The van der Waals surface area contributed by atoms with E-state index in [1.54, 1.807) is 24.3 Å². The Kier molecular flexibility index (Phi) is 7.38. The number of alkyl halides is 2. The third-order valence-electron chi connectivity index (χ3n) is 3.81. The van der Waals surface area contributed by atoms with E-state index in [2.05, 4.69) is 10.1 Å². The summed E-state index contributed by atoms with van der Waals surface area (Å²) in [5, 5.41) is 3.27. The van der Waals surface area contributed by atoms with Crippen LogP contribution in [0.25, 0.3) is 0 Å². The van der Waals surface area contributed by atoms with Crippen LogP contribution >= 0.6 is 11.6 Å². The number of carbonyl (C=O) groups excluding carboxylic acids is 1. The lowest BCUT2D eigenvalue weighted by atomic mass is 10.2. The van der Waals surface area contributed by atoms with Crippen molar-refractivity contribution >= 4 is 23.2 Å². The number of rotatable bonds is 8. The van der Waals surface area contributed by atoms with Crippen LogP contribution in [0.1, 0.15) is 11.1 Å². The molecule has 1 atom stereocenters. The zero-order chi connectivity index (χ0) is 20.0. The number of likely N-dealkylation sites (N-methyl/N-ethyl adjacent to an activating group) is 1. The second-order valence-electron chi connectivity index (χ2n) is 6.21. The molecule has 0 spiro atoms. The first-order chi connectivity index (χ1) is 12.8. The summed E-state index contributed by atoms with van der Waals surface area (Å²) in [6.07, 6.45) is 0. The van der Waals surface area contributed by atoms with Crippen LogP contribution in [0.15, 0.2) is 36.4 Å². The third-order valence-corrected chi connectivity index (χ3v) is 4.12. The Balaban J connectivity index is 1.96. The Morgan fingerprint density at radius 1 is 1.22 bits per heavy atom. The van der Waals surface area contributed by atoms with E-state index in [0.29, 0.717) is 17.3 Å². The van der Waals surface area contributed by atoms with Crippen LogP contribution in [-0.4, -0.2) is 33.2 Å². The maximum Gasteiger partial charge on any atom is 0.387 e. The zero-order valence-corrected chi connectivity index (χ0v) is 16.1. The molecule has 0 radical (unpaired) electrons. The van der Waals surface area contributed by atoms with E-state index in [1.165, 1.54) is 13.2 Å². The minimum Gasteiger partial charge on any atom is -0.493 e. The summed E-state index contributed by atoms with van der Waals surface area (Å²) in [5.74, 6) is 0.0139. The molecule has 0 aliphatic carbocycles. The van der Waals surface area contributed by atoms with Crippen LogP contribution in [0.4, 0.5) is 14.5 Å². The number of ether oxygens (including phenoxy) is 2. The molecule has 8 heteroatoms. The maximum atomic E-state index is 12.4. The summed E-state index contributed by atoms with van der Waals surface area (Å²) < 4.78 is 34.3. The maximum absolute atomic E-state index is 12.4. The summed E-state index contributed by atoms with van der Waals surface area (Å²) >= 11 is 6.12. The van der Waals surface area contributed by atoms with Crippen LogP contribution in [-0.2, 0) is 11.3 Å². The van der Waals surface area contributed by atoms with E-state index >= 15 is 0 Å². The molecule has 0 aliphatic rings. The van der Waals surface area contributed by atoms with Gasteiger partial charge in [-0.25, -0.2) is 0 Å². The smallest absolute Gasteiger partial charge is 0.387 e. The molecule has 2 rings (SSSR count). The molecule has 0 saturated carbocycles. The van der Waals surface area contributed by atoms with Gasteiger partial charge in [-0.15, -0.1) is 0 Å². The average molecular weight is 400 g/mol. The van der Waals surface area contributed by atoms with Crippen LogP contribution in [0, 0.1) is 6.92 Å². The molecule has 0 fully saturated rings. The molecular weight excluding hydrogens is 378 g/mol. The number of quaternary nitrogens is 1. The lowest BCUT2D eigenvalue weighted by Crippen LogP contribution is -3.08. The minimum absolute atomic E-state index is 0.0272. The molecule has 0 aliphatic heterocycles. The number of carbonyl (C=O) groups is 1. The number of anilines is 1. The second-order valence-corrected chi connectivity index (χ2v) is 6.61. The third kappa shape index (κ3) is 6.37. The van der Waals surface area contributed by atoms with Crippen LogP contribution in [0.5, 0.6) is 11.5 Å². The Bertz CT molecular complexity index is 803. The first-order valence-corrected chi connectivity index (χ1v) is 8.65. The molecule has 146 valence electrons. The number of benzene rings is 2. The number of halogens is 3. The first kappa shape index (κ1) is 20.9. The Morgan fingerprint density at radius 3 is 2.59 bits per heavy atom. The number of aryl methyl sites for hydroxylation is 1. The molecule has 1 unspecified atom stereocenters. The SMILES string of the molecule is COc1cc(C[NH+](C)CC(=O)Nc2ccc(C)cc2Cl)ccc1OC(F)F. The molecule has 0 aromatic heterocycles. The van der Waals surface area contributed by atoms with Gasteiger partial charge in [-0.3, -0.25) is 4.79 Å². The Morgan fingerprint density at radius 2 is 1.96 bits per heavy atom. The second kappa shape index (κ2) is 9.53. The standard InChI is InChI=1S/C19H21ClF2N2O3/c1-12-4-6-15(14(20)8-12)23-18(25)11-24(2)10-13-5-7-16(27-19(21)22)17(9-13)26-3/h4-9,19H,10-11H2,1-3H3,(H,23,25)/p+1. The van der Waals surface area contributed by atoms with E-state index in [4.69, 9.17) is 16.3 Å². The van der Waals surface area contributed by atoms with Gasteiger partial charge in [0.05, 0.1) is 24.9 Å². The minimum atomic E-state index is -2.92. The van der Waals surface area contributed by atoms with Crippen molar-refractivity contribution in [3.05, 3.63) is 52.5 Å². The van der Waals surface area contributed by atoms with Gasteiger partial charge in [0.15, 0.2) is 18.0 Å². The van der Waals surface area contributed by atoms with Gasteiger partial charge < -0.3 is 19.7 Å². The molecular formula is C19H22ClF2N2O3+. The van der Waals surface area contributed by atoms with Crippen LogP contribution in [0.3, 0.4) is 0 Å². The largest absolute Gasteiger partial charge is 0.493 e. The Hall–Kier alpha value is -2.38. The highest BCUT2D eigenvalue weighted by Crippen LogP contribution is 2.29. The van der Waals surface area contributed by atoms with Crippen molar-refractivity contribution in [2.45, 2.75) is 20.1 Å². The van der Waals surface area contributed by atoms with E-state index in [-0.39, 0.29) is 24.0 Å². The fraction of sp³-hybridized carbons (Fsp3) is 0.316. The highest BCUT2D eigenvalue weighted by molar-refractivity contribution is 6.33. The zero-order valence-electron chi connectivity index (χ0n) is 15.3. The fourth-order valence-corrected chi connectivity index (χ4v) is 2.90. The van der Waals surface area contributed by atoms with Gasteiger partial charge in [-0.05, 0) is 42.8 Å². The van der Waals surface area contributed by atoms with Crippen molar-refractivity contribution in [3.8, 4) is 11.5 Å². The molecule has 2 N–H and O–H groups in total. The van der Waals surface area contributed by atoms with Crippen molar-refractivity contribution in [3.63, 3.8) is 0 Å². The van der Waals surface area contributed by atoms with Gasteiger partial charge in [-0.1, -0.05) is 17.7 Å². The quantitative estimate of drug-likeness (QED) is 0.717. The summed E-state index contributed by atoms with van der Waals surface area (Å²) in [6.45, 7) is -0.293. The number of nitrogens with one attached hydrogen (secondary N) is 2. The molecule has 27 heavy (non-hydrogen) atoms. The first-order valence-electron chi connectivity index (χ1n) is 8.27. The number of amides is 1. The van der Waals surface area contributed by atoms with Gasteiger partial charge in [0, 0.05) is 5.56 Å². The van der Waals surface area contributed by atoms with Crippen molar-refractivity contribution in [2.75, 3.05) is 26.0 Å². The van der Waals surface area contributed by atoms with E-state index < -0.39 is 6.61 Å². The van der Waals surface area contributed by atoms with Gasteiger partial charge in [0.2, 0.25) is 0 Å². The highest BCUT2D eigenvalue weighted by Gasteiger charge is 2.15. The highest BCUT2D eigenvalue weighted by atomic mass is 35.5. The van der Waals surface area contributed by atoms with E-state index in [9.17, 15) is 13.6 Å². The van der Waals surface area contributed by atoms with Crippen molar-refractivity contribution < 1.29 is 27.9 Å². The predicted molar refractivity (Wildman–Crippen MR) is 99.9 cm³/mol. The van der Waals surface area contributed by atoms with Crippen molar-refractivity contribution in [2.24, 2.45) is 0 Å². The molecule has 0 bridgehead atoms. The van der Waals surface area contributed by atoms with E-state index in [1.807, 2.05) is 20.0 Å². The Labute approximate surface area is 161 Å². The van der Waals surface area contributed by atoms with Crippen LogP contribution in [0.2, 0.25) is 5.02 Å². The lowest BCUT2D eigenvalue weighted by Gasteiger charge is -2.16. The van der Waals surface area contributed by atoms with Crippen LogP contribution < -0.4 is 19.7 Å². The monoisotopic (exact) mass is 399 g/mol. The van der Waals surface area contributed by atoms with Gasteiger partial charge in [-0.2, -0.15) is 8.78 Å². The molecule has 2 aromatic carbocycles. The molecule has 1 amide bonds. The fourth-order valence-electron chi connectivity index (χ4n) is 2.62. The van der Waals surface area contributed by atoms with Crippen molar-refractivity contribution in [1.82, 2.24) is 0 Å². The molecule has 2 aromatic rings. The molecule has 5 nitrogen and oxygen atoms in total. The summed E-state index contributed by atoms with van der Waals surface area (Å²) in [4.78, 5) is 13.1. The summed E-state index contributed by atoms with van der Waals surface area (Å²) in [7, 11) is 3.24. The number of hydrogen-bond donors (Lipinski definition) is 2. The normalized spacial score (nSPS) is 12.0. The van der Waals surface area contributed by atoms with Gasteiger partial charge in [0.25, 0.3) is 5.91 Å². The van der Waals surface area contributed by atoms with Gasteiger partial charge in [0.1, 0.15) is 6.54 Å². The summed E-state index contributed by atoms with van der Waals surface area (Å²) in [6, 6.07) is 10.1. The lowest BCUT2D eigenvalue weighted by molar-refractivity contribution is -0.885.